The summed E-state index contributed by atoms with van der Waals surface area (Å²) in [6, 6.07) is 0. The number of hydrogen-bond donors (Lipinski definition) is 3. The van der Waals surface area contributed by atoms with Gasteiger partial charge in [0.15, 0.2) is 5.65 Å². The average Bonchev–Trinajstić information content (AvgIpc) is 2.84. The van der Waals surface area contributed by atoms with Crippen molar-refractivity contribution in [2.45, 2.75) is 20.8 Å². The highest BCUT2D eigenvalue weighted by molar-refractivity contribution is 5.90. The summed E-state index contributed by atoms with van der Waals surface area (Å²) >= 11 is 0. The monoisotopic (exact) mass is 291 g/mol. The van der Waals surface area contributed by atoms with Crippen LogP contribution >= 0.6 is 0 Å². The lowest BCUT2D eigenvalue weighted by atomic mass is 10.2. The van der Waals surface area contributed by atoms with Gasteiger partial charge >= 0.3 is 0 Å². The van der Waals surface area contributed by atoms with Gasteiger partial charge in [-0.1, -0.05) is 13.8 Å². The maximum Gasteiger partial charge on any atom is 0.236 e. The molecule has 8 nitrogen and oxygen atoms in total. The Kier molecular flexibility index (Phi) is 4.56. The second-order valence-electron chi connectivity index (χ2n) is 5.27. The van der Waals surface area contributed by atoms with Crippen molar-refractivity contribution in [3.63, 3.8) is 0 Å². The number of carbonyl (C=O) groups excluding carboxylic acids is 1. The van der Waals surface area contributed by atoms with Gasteiger partial charge in [0.1, 0.15) is 5.82 Å². The maximum atomic E-state index is 11.3. The Hall–Kier alpha value is -2.38. The van der Waals surface area contributed by atoms with Crippen LogP contribution < -0.4 is 16.0 Å². The van der Waals surface area contributed by atoms with Gasteiger partial charge in [-0.2, -0.15) is 15.1 Å². The average molecular weight is 291 g/mol. The molecule has 2 aromatic rings. The number of aromatic amines is 1. The van der Waals surface area contributed by atoms with E-state index in [1.807, 2.05) is 11.8 Å². The molecule has 0 aliphatic heterocycles. The summed E-state index contributed by atoms with van der Waals surface area (Å²) in [5, 5.41) is 10.7. The molecular weight excluding hydrogens is 270 g/mol. The van der Waals surface area contributed by atoms with Crippen molar-refractivity contribution in [2.24, 2.45) is 11.7 Å². The molecule has 1 amide bonds. The molecule has 2 rings (SSSR count). The highest BCUT2D eigenvalue weighted by Crippen LogP contribution is 2.24. The van der Waals surface area contributed by atoms with E-state index in [4.69, 9.17) is 5.73 Å². The Morgan fingerprint density at radius 2 is 2.24 bits per heavy atom. The summed E-state index contributed by atoms with van der Waals surface area (Å²) < 4.78 is 0. The lowest BCUT2D eigenvalue weighted by Crippen LogP contribution is -2.37. The van der Waals surface area contributed by atoms with Gasteiger partial charge in [0.2, 0.25) is 11.9 Å². The smallest absolute Gasteiger partial charge is 0.236 e. The van der Waals surface area contributed by atoms with Crippen LogP contribution in [0.4, 0.5) is 11.8 Å². The highest BCUT2D eigenvalue weighted by atomic mass is 16.1. The molecule has 21 heavy (non-hydrogen) atoms. The molecule has 0 saturated carbocycles. The molecule has 2 heterocycles. The van der Waals surface area contributed by atoms with Crippen LogP contribution in [0.1, 0.15) is 20.8 Å². The molecular formula is C13H21N7O. The van der Waals surface area contributed by atoms with Gasteiger partial charge in [0.05, 0.1) is 18.1 Å². The van der Waals surface area contributed by atoms with Crippen LogP contribution in [-0.2, 0) is 4.79 Å². The Morgan fingerprint density at radius 3 is 2.86 bits per heavy atom. The largest absolute Gasteiger partial charge is 0.368 e. The third-order valence-corrected chi connectivity index (χ3v) is 2.86. The van der Waals surface area contributed by atoms with E-state index in [1.165, 1.54) is 0 Å². The molecule has 0 aliphatic carbocycles. The van der Waals surface area contributed by atoms with Gasteiger partial charge in [-0.05, 0) is 12.8 Å². The number of anilines is 2. The Morgan fingerprint density at radius 1 is 1.48 bits per heavy atom. The fourth-order valence-electron chi connectivity index (χ4n) is 2.15. The minimum atomic E-state index is -0.393. The fourth-order valence-corrected chi connectivity index (χ4v) is 2.15. The van der Waals surface area contributed by atoms with Crippen LogP contribution in [0.15, 0.2) is 6.20 Å². The van der Waals surface area contributed by atoms with E-state index in [-0.39, 0.29) is 6.54 Å². The van der Waals surface area contributed by atoms with Gasteiger partial charge in [-0.25, -0.2) is 0 Å². The van der Waals surface area contributed by atoms with E-state index in [0.717, 1.165) is 5.39 Å². The molecule has 0 aromatic carbocycles. The molecule has 0 bridgehead atoms. The first-order chi connectivity index (χ1) is 10.0. The highest BCUT2D eigenvalue weighted by Gasteiger charge is 2.18. The number of nitrogens with zero attached hydrogens (tertiary/aromatic N) is 4. The summed E-state index contributed by atoms with van der Waals surface area (Å²) in [5.74, 6) is 1.14. The predicted molar refractivity (Wildman–Crippen MR) is 82.1 cm³/mol. The summed E-state index contributed by atoms with van der Waals surface area (Å²) in [4.78, 5) is 22.1. The summed E-state index contributed by atoms with van der Waals surface area (Å²) in [7, 11) is 0. The number of H-pyrrole nitrogens is 1. The number of fused-ring (bicyclic) bond motifs is 1. The van der Waals surface area contributed by atoms with Crippen molar-refractivity contribution in [1.29, 1.82) is 0 Å². The van der Waals surface area contributed by atoms with Gasteiger partial charge < -0.3 is 16.0 Å². The lowest BCUT2D eigenvalue weighted by molar-refractivity contribution is -0.116. The SMILES string of the molecule is CCNc1nc(N(CC(N)=O)CC(C)C)c2cn[nH]c2n1. The standard InChI is InChI=1S/C13H21N7O/c1-4-15-13-17-11-9(5-16-19-11)12(18-13)20(6-8(2)3)7-10(14)21/h5,8H,4,6-7H2,1-3H3,(H2,14,21)(H2,15,16,17,18,19). The van der Waals surface area contributed by atoms with Gasteiger partial charge in [0.25, 0.3) is 0 Å². The number of aromatic nitrogens is 4. The van der Waals surface area contributed by atoms with E-state index >= 15 is 0 Å². The molecule has 0 aliphatic rings. The van der Waals surface area contributed by atoms with E-state index in [2.05, 4.69) is 39.3 Å². The van der Waals surface area contributed by atoms with E-state index < -0.39 is 5.91 Å². The zero-order valence-electron chi connectivity index (χ0n) is 12.6. The molecule has 0 unspecified atom stereocenters. The zero-order chi connectivity index (χ0) is 15.4. The first-order valence-electron chi connectivity index (χ1n) is 6.99. The van der Waals surface area contributed by atoms with Crippen molar-refractivity contribution in [3.8, 4) is 0 Å². The number of nitrogens with two attached hydrogens (primary N) is 1. The third kappa shape index (κ3) is 3.59. The minimum absolute atomic E-state index is 0.112. The Balaban J connectivity index is 2.48. The third-order valence-electron chi connectivity index (χ3n) is 2.86. The molecule has 0 spiro atoms. The van der Waals surface area contributed by atoms with Crippen LogP contribution in [0.5, 0.6) is 0 Å². The first-order valence-corrected chi connectivity index (χ1v) is 6.99. The molecule has 0 fully saturated rings. The Labute approximate surface area is 123 Å². The van der Waals surface area contributed by atoms with Gasteiger partial charge in [-0.15, -0.1) is 0 Å². The van der Waals surface area contributed by atoms with Gasteiger partial charge in [-0.3, -0.25) is 9.89 Å². The molecule has 0 radical (unpaired) electrons. The minimum Gasteiger partial charge on any atom is -0.368 e. The summed E-state index contributed by atoms with van der Waals surface area (Å²) in [5.41, 5.74) is 5.99. The maximum absolute atomic E-state index is 11.3. The quantitative estimate of drug-likeness (QED) is 0.693. The van der Waals surface area contributed by atoms with E-state index in [9.17, 15) is 4.79 Å². The van der Waals surface area contributed by atoms with Crippen LogP contribution in [0.25, 0.3) is 11.0 Å². The fraction of sp³-hybridized carbons (Fsp3) is 0.538. The van der Waals surface area contributed by atoms with Crippen LogP contribution in [0.3, 0.4) is 0 Å². The molecule has 114 valence electrons. The first kappa shape index (κ1) is 15.0. The van der Waals surface area contributed by atoms with Gasteiger partial charge in [0, 0.05) is 13.1 Å². The molecule has 8 heteroatoms. The number of rotatable bonds is 7. The normalized spacial score (nSPS) is 11.0. The summed E-state index contributed by atoms with van der Waals surface area (Å²) in [6.45, 7) is 7.61. The topological polar surface area (TPSA) is 113 Å². The number of hydrogen-bond acceptors (Lipinski definition) is 6. The second kappa shape index (κ2) is 6.38. The number of amides is 1. The molecule has 4 N–H and O–H groups in total. The molecule has 0 atom stereocenters. The van der Waals surface area contributed by atoms with Crippen LogP contribution in [0, 0.1) is 5.92 Å². The molecule has 2 aromatic heterocycles. The van der Waals surface area contributed by atoms with Crippen LogP contribution in [0.2, 0.25) is 0 Å². The lowest BCUT2D eigenvalue weighted by Gasteiger charge is -2.25. The zero-order valence-corrected chi connectivity index (χ0v) is 12.6. The van der Waals surface area contributed by atoms with E-state index in [0.29, 0.717) is 36.4 Å². The molecule has 0 saturated heterocycles. The number of nitrogens with one attached hydrogen (secondary N) is 2. The van der Waals surface area contributed by atoms with Crippen molar-refractivity contribution < 1.29 is 4.79 Å². The number of primary amides is 1. The van der Waals surface area contributed by atoms with Crippen molar-refractivity contribution in [3.05, 3.63) is 6.20 Å². The Bertz CT molecular complexity index is 622. The summed E-state index contributed by atoms with van der Waals surface area (Å²) in [6.07, 6.45) is 1.66. The van der Waals surface area contributed by atoms with Crippen molar-refractivity contribution in [1.82, 2.24) is 20.2 Å². The van der Waals surface area contributed by atoms with E-state index in [1.54, 1.807) is 6.20 Å². The van der Waals surface area contributed by atoms with Crippen molar-refractivity contribution in [2.75, 3.05) is 29.9 Å². The number of carbonyl (C=O) groups is 1. The second-order valence-corrected chi connectivity index (χ2v) is 5.27. The van der Waals surface area contributed by atoms with Crippen LogP contribution in [-0.4, -0.2) is 45.7 Å². The predicted octanol–water partition coefficient (Wildman–Crippen LogP) is 0.732. The van der Waals surface area contributed by atoms with Crippen molar-refractivity contribution >= 4 is 28.7 Å².